The molecule has 0 spiro atoms. The number of methoxy groups -OCH3 is 2. The van der Waals surface area contributed by atoms with Crippen molar-refractivity contribution >= 4 is 54.7 Å². The zero-order valence-electron chi connectivity index (χ0n) is 13.8. The molecule has 0 radical (unpaired) electrons. The second-order valence-corrected chi connectivity index (χ2v) is 8.43. The van der Waals surface area contributed by atoms with E-state index in [1.807, 2.05) is 0 Å². The van der Waals surface area contributed by atoms with Crippen molar-refractivity contribution in [3.63, 3.8) is 0 Å². The van der Waals surface area contributed by atoms with Gasteiger partial charge in [-0.3, -0.25) is 4.72 Å². The van der Waals surface area contributed by atoms with E-state index >= 15 is 0 Å². The molecular formula is C17H14ClNO5S2. The standard InChI is InChI=1S/C17H14ClNO5S2/c1-23-14-5-4-12(9-13(14)18)26(21,22)19-11-3-6-15-10(7-11)8-16(25-15)17(20)24-2/h3-9,19H,1-2H3. The van der Waals surface area contributed by atoms with Gasteiger partial charge in [-0.05, 0) is 47.9 Å². The molecule has 1 heterocycles. The molecular weight excluding hydrogens is 398 g/mol. The van der Waals surface area contributed by atoms with Gasteiger partial charge in [-0.15, -0.1) is 11.3 Å². The average Bonchev–Trinajstić information content (AvgIpc) is 3.04. The summed E-state index contributed by atoms with van der Waals surface area (Å²) in [6, 6.07) is 10.9. The number of hydrogen-bond donors (Lipinski definition) is 1. The van der Waals surface area contributed by atoms with Crippen LogP contribution in [0.25, 0.3) is 10.1 Å². The third-order valence-electron chi connectivity index (χ3n) is 3.59. The summed E-state index contributed by atoms with van der Waals surface area (Å²) in [4.78, 5) is 12.1. The van der Waals surface area contributed by atoms with E-state index in [0.29, 0.717) is 16.3 Å². The van der Waals surface area contributed by atoms with E-state index in [1.54, 1.807) is 24.3 Å². The summed E-state index contributed by atoms with van der Waals surface area (Å²) in [5.41, 5.74) is 0.374. The lowest BCUT2D eigenvalue weighted by Crippen LogP contribution is -2.12. The van der Waals surface area contributed by atoms with E-state index in [0.717, 1.165) is 10.1 Å². The van der Waals surface area contributed by atoms with Crippen LogP contribution in [0, 0.1) is 0 Å². The zero-order chi connectivity index (χ0) is 18.9. The maximum Gasteiger partial charge on any atom is 0.348 e. The summed E-state index contributed by atoms with van der Waals surface area (Å²) >= 11 is 7.28. The third kappa shape index (κ3) is 3.62. The maximum atomic E-state index is 12.6. The number of benzene rings is 2. The van der Waals surface area contributed by atoms with Crippen LogP contribution in [0.15, 0.2) is 47.4 Å². The number of carbonyl (C=O) groups excluding carboxylic acids is 1. The Morgan fingerprint density at radius 3 is 2.54 bits per heavy atom. The van der Waals surface area contributed by atoms with Crippen molar-refractivity contribution in [3.8, 4) is 5.75 Å². The van der Waals surface area contributed by atoms with E-state index in [1.165, 1.54) is 43.8 Å². The predicted molar refractivity (Wildman–Crippen MR) is 102 cm³/mol. The third-order valence-corrected chi connectivity index (χ3v) is 6.36. The van der Waals surface area contributed by atoms with Crippen LogP contribution < -0.4 is 9.46 Å². The summed E-state index contributed by atoms with van der Waals surface area (Å²) in [5.74, 6) is -0.0399. The molecule has 0 saturated heterocycles. The van der Waals surface area contributed by atoms with Crippen LogP contribution in [0.2, 0.25) is 5.02 Å². The number of esters is 1. The second kappa shape index (κ2) is 7.14. The van der Waals surface area contributed by atoms with Crippen molar-refractivity contribution in [2.24, 2.45) is 0 Å². The Labute approximate surface area is 159 Å². The van der Waals surface area contributed by atoms with Gasteiger partial charge in [0.2, 0.25) is 0 Å². The Hall–Kier alpha value is -2.29. The first-order valence-corrected chi connectivity index (χ1v) is 10.00. The van der Waals surface area contributed by atoms with Crippen LogP contribution in [0.1, 0.15) is 9.67 Å². The van der Waals surface area contributed by atoms with E-state index in [4.69, 9.17) is 21.1 Å². The molecule has 0 aliphatic carbocycles. The molecule has 1 N–H and O–H groups in total. The van der Waals surface area contributed by atoms with E-state index in [2.05, 4.69) is 4.72 Å². The van der Waals surface area contributed by atoms with Crippen molar-refractivity contribution in [2.75, 3.05) is 18.9 Å². The highest BCUT2D eigenvalue weighted by Gasteiger charge is 2.17. The van der Waals surface area contributed by atoms with Gasteiger partial charge in [0.05, 0.1) is 24.1 Å². The van der Waals surface area contributed by atoms with Gasteiger partial charge in [0.1, 0.15) is 10.6 Å². The molecule has 26 heavy (non-hydrogen) atoms. The van der Waals surface area contributed by atoms with Crippen LogP contribution in [-0.2, 0) is 14.8 Å². The van der Waals surface area contributed by atoms with Gasteiger partial charge in [0.25, 0.3) is 10.0 Å². The molecule has 9 heteroatoms. The first-order chi connectivity index (χ1) is 12.3. The number of hydrogen-bond acceptors (Lipinski definition) is 6. The van der Waals surface area contributed by atoms with Crippen molar-refractivity contribution in [2.45, 2.75) is 4.90 Å². The van der Waals surface area contributed by atoms with Crippen LogP contribution in [-0.4, -0.2) is 28.6 Å². The lowest BCUT2D eigenvalue weighted by Gasteiger charge is -2.10. The second-order valence-electron chi connectivity index (χ2n) is 5.26. The quantitative estimate of drug-likeness (QED) is 0.638. The number of anilines is 1. The number of carbonyl (C=O) groups is 1. The minimum Gasteiger partial charge on any atom is -0.495 e. The lowest BCUT2D eigenvalue weighted by atomic mass is 10.2. The molecule has 0 atom stereocenters. The smallest absolute Gasteiger partial charge is 0.348 e. The topological polar surface area (TPSA) is 81.7 Å². The summed E-state index contributed by atoms with van der Waals surface area (Å²) in [6.45, 7) is 0. The van der Waals surface area contributed by atoms with Gasteiger partial charge >= 0.3 is 5.97 Å². The van der Waals surface area contributed by atoms with Crippen LogP contribution in [0.3, 0.4) is 0 Å². The van der Waals surface area contributed by atoms with Gasteiger partial charge in [-0.1, -0.05) is 11.6 Å². The van der Waals surface area contributed by atoms with E-state index < -0.39 is 16.0 Å². The summed E-state index contributed by atoms with van der Waals surface area (Å²) in [6.07, 6.45) is 0. The van der Waals surface area contributed by atoms with Crippen molar-refractivity contribution in [3.05, 3.63) is 52.4 Å². The maximum absolute atomic E-state index is 12.6. The molecule has 1 aromatic heterocycles. The van der Waals surface area contributed by atoms with Gasteiger partial charge in [-0.2, -0.15) is 0 Å². The monoisotopic (exact) mass is 411 g/mol. The van der Waals surface area contributed by atoms with Crippen LogP contribution in [0.5, 0.6) is 5.75 Å². The summed E-state index contributed by atoms with van der Waals surface area (Å²) in [5, 5.41) is 0.940. The van der Waals surface area contributed by atoms with Crippen LogP contribution in [0.4, 0.5) is 5.69 Å². The van der Waals surface area contributed by atoms with Crippen molar-refractivity contribution < 1.29 is 22.7 Å². The Balaban J connectivity index is 1.91. The Morgan fingerprint density at radius 2 is 1.88 bits per heavy atom. The van der Waals surface area contributed by atoms with Gasteiger partial charge < -0.3 is 9.47 Å². The fraction of sp³-hybridized carbons (Fsp3) is 0.118. The highest BCUT2D eigenvalue weighted by Crippen LogP contribution is 2.31. The fourth-order valence-electron chi connectivity index (χ4n) is 2.34. The average molecular weight is 412 g/mol. The molecule has 136 valence electrons. The highest BCUT2D eigenvalue weighted by molar-refractivity contribution is 7.92. The molecule has 2 aromatic carbocycles. The largest absolute Gasteiger partial charge is 0.495 e. The lowest BCUT2D eigenvalue weighted by molar-refractivity contribution is 0.0606. The van der Waals surface area contributed by atoms with Crippen LogP contribution >= 0.6 is 22.9 Å². The molecule has 0 unspecified atom stereocenters. The molecule has 6 nitrogen and oxygen atoms in total. The van der Waals surface area contributed by atoms with Gasteiger partial charge in [0.15, 0.2) is 0 Å². The minimum absolute atomic E-state index is 0.0176. The molecule has 3 aromatic rings. The zero-order valence-corrected chi connectivity index (χ0v) is 16.2. The minimum atomic E-state index is -3.82. The van der Waals surface area contributed by atoms with Crippen molar-refractivity contribution in [1.29, 1.82) is 0 Å². The summed E-state index contributed by atoms with van der Waals surface area (Å²) < 4.78 is 38.2. The Kier molecular flexibility index (Phi) is 5.08. The molecule has 3 rings (SSSR count). The molecule has 0 aliphatic heterocycles. The van der Waals surface area contributed by atoms with Gasteiger partial charge in [-0.25, -0.2) is 13.2 Å². The SMILES string of the molecule is COC(=O)c1cc2cc(NS(=O)(=O)c3ccc(OC)c(Cl)c3)ccc2s1. The van der Waals surface area contributed by atoms with Gasteiger partial charge in [0, 0.05) is 10.4 Å². The summed E-state index contributed by atoms with van der Waals surface area (Å²) in [7, 11) is -1.06. The van der Waals surface area contributed by atoms with E-state index in [9.17, 15) is 13.2 Å². The number of rotatable bonds is 5. The molecule has 0 bridgehead atoms. The Morgan fingerprint density at radius 1 is 1.12 bits per heavy atom. The Bertz CT molecular complexity index is 1090. The van der Waals surface area contributed by atoms with Crippen molar-refractivity contribution in [1.82, 2.24) is 0 Å². The normalized spacial score (nSPS) is 11.3. The number of halogens is 1. The molecule has 0 saturated carbocycles. The number of ether oxygens (including phenoxy) is 2. The number of sulfonamides is 1. The number of nitrogens with one attached hydrogen (secondary N) is 1. The molecule has 0 fully saturated rings. The molecule has 0 aliphatic rings. The molecule has 0 amide bonds. The first-order valence-electron chi connectivity index (χ1n) is 7.32. The number of thiophene rings is 1. The predicted octanol–water partition coefficient (Wildman–Crippen LogP) is 4.15. The fourth-order valence-corrected chi connectivity index (χ4v) is 4.70. The highest BCUT2D eigenvalue weighted by atomic mass is 35.5. The number of fused-ring (bicyclic) bond motifs is 1. The first kappa shape index (κ1) is 18.5. The van der Waals surface area contributed by atoms with E-state index in [-0.39, 0.29) is 9.92 Å².